The summed E-state index contributed by atoms with van der Waals surface area (Å²) in [6, 6.07) is 8.88. The van der Waals surface area contributed by atoms with Crippen LogP contribution < -0.4 is 5.32 Å². The lowest BCUT2D eigenvalue weighted by Gasteiger charge is -2.19. The van der Waals surface area contributed by atoms with Gasteiger partial charge in [-0.05, 0) is 40.1 Å². The molecule has 7 heteroatoms. The fourth-order valence-corrected chi connectivity index (χ4v) is 3.60. The van der Waals surface area contributed by atoms with Gasteiger partial charge in [-0.1, -0.05) is 23.7 Å². The van der Waals surface area contributed by atoms with Crippen LogP contribution in [0.2, 0.25) is 5.02 Å². The van der Waals surface area contributed by atoms with Crippen molar-refractivity contribution < 1.29 is 14.4 Å². The van der Waals surface area contributed by atoms with Crippen LogP contribution in [0.1, 0.15) is 16.9 Å². The summed E-state index contributed by atoms with van der Waals surface area (Å²) in [6.45, 7) is 0.339. The molecule has 1 heterocycles. The van der Waals surface area contributed by atoms with E-state index in [9.17, 15) is 14.4 Å². The van der Waals surface area contributed by atoms with Crippen molar-refractivity contribution in [1.82, 2.24) is 5.32 Å². The van der Waals surface area contributed by atoms with Crippen molar-refractivity contribution in [3.8, 4) is 0 Å². The molecule has 1 aromatic carbocycles. The third-order valence-corrected chi connectivity index (χ3v) is 4.67. The van der Waals surface area contributed by atoms with Crippen LogP contribution in [0.5, 0.6) is 0 Å². The largest absolute Gasteiger partial charge is 0.346 e. The van der Waals surface area contributed by atoms with Gasteiger partial charge in [-0.15, -0.1) is 0 Å². The molecule has 0 amide bonds. The number of halogens is 1. The molecule has 0 fully saturated rings. The van der Waals surface area contributed by atoms with Gasteiger partial charge in [-0.25, -0.2) is 0 Å². The topological polar surface area (TPSA) is 69.6 Å². The summed E-state index contributed by atoms with van der Waals surface area (Å²) >= 11 is 7.27. The first-order valence-electron chi connectivity index (χ1n) is 5.52. The maximum Gasteiger partial charge on any atom is 0.346 e. The van der Waals surface area contributed by atoms with Gasteiger partial charge in [-0.3, -0.25) is 9.88 Å². The Kier molecular flexibility index (Phi) is 4.79. The Bertz CT molecular complexity index is 584. The standard InChI is InChI=1S/C12H13ClNO3PS/c13-11-3-1-2-9(6-11)7-14-12(18(15,16)17)10-4-5-19-8-10/h1-6,8,12,14H,7H2,(H2,15,16,17). The maximum absolute atomic E-state index is 11.5. The molecule has 0 aliphatic rings. The molecule has 3 N–H and O–H groups in total. The van der Waals surface area contributed by atoms with Gasteiger partial charge in [0.05, 0.1) is 0 Å². The number of rotatable bonds is 5. The monoisotopic (exact) mass is 317 g/mol. The summed E-state index contributed by atoms with van der Waals surface area (Å²) in [5.41, 5.74) is 1.47. The van der Waals surface area contributed by atoms with Gasteiger partial charge < -0.3 is 9.79 Å². The van der Waals surface area contributed by atoms with E-state index in [1.807, 2.05) is 6.07 Å². The van der Waals surface area contributed by atoms with Crippen LogP contribution in [-0.2, 0) is 11.1 Å². The van der Waals surface area contributed by atoms with Gasteiger partial charge in [0, 0.05) is 11.6 Å². The quantitative estimate of drug-likeness (QED) is 0.740. The second-order valence-corrected chi connectivity index (χ2v) is 6.97. The Morgan fingerprint density at radius 2 is 2.16 bits per heavy atom. The van der Waals surface area contributed by atoms with Crippen LogP contribution in [0, 0.1) is 0 Å². The molecule has 0 saturated carbocycles. The van der Waals surface area contributed by atoms with E-state index < -0.39 is 13.4 Å². The highest BCUT2D eigenvalue weighted by Crippen LogP contribution is 2.50. The van der Waals surface area contributed by atoms with Crippen LogP contribution in [0.4, 0.5) is 0 Å². The molecule has 0 radical (unpaired) electrons. The fraction of sp³-hybridized carbons (Fsp3) is 0.167. The second kappa shape index (κ2) is 6.18. The SMILES string of the molecule is O=P(O)(O)C(NCc1cccc(Cl)c1)c1ccsc1. The zero-order valence-corrected chi connectivity index (χ0v) is 12.3. The van der Waals surface area contributed by atoms with Crippen LogP contribution in [0.15, 0.2) is 41.1 Å². The highest BCUT2D eigenvalue weighted by molar-refractivity contribution is 7.52. The van der Waals surface area contributed by atoms with Gasteiger partial charge in [-0.2, -0.15) is 11.3 Å². The summed E-state index contributed by atoms with van der Waals surface area (Å²) in [4.78, 5) is 18.8. The molecule has 102 valence electrons. The van der Waals surface area contributed by atoms with E-state index in [0.717, 1.165) is 5.56 Å². The van der Waals surface area contributed by atoms with Crippen molar-refractivity contribution in [2.45, 2.75) is 12.3 Å². The summed E-state index contributed by atoms with van der Waals surface area (Å²) in [6.07, 6.45) is 0. The van der Waals surface area contributed by atoms with E-state index in [0.29, 0.717) is 17.1 Å². The third kappa shape index (κ3) is 4.14. The molecule has 4 nitrogen and oxygen atoms in total. The van der Waals surface area contributed by atoms with Gasteiger partial charge in [0.2, 0.25) is 0 Å². The lowest BCUT2D eigenvalue weighted by Crippen LogP contribution is -2.20. The average molecular weight is 318 g/mol. The molecule has 0 spiro atoms. The molecule has 1 atom stereocenters. The van der Waals surface area contributed by atoms with Crippen molar-refractivity contribution in [3.05, 3.63) is 57.2 Å². The lowest BCUT2D eigenvalue weighted by atomic mass is 10.2. The first-order valence-corrected chi connectivity index (χ1v) is 8.52. The molecule has 0 aliphatic carbocycles. The smallest absolute Gasteiger partial charge is 0.323 e. The van der Waals surface area contributed by atoms with Gasteiger partial charge in [0.25, 0.3) is 0 Å². The number of benzene rings is 1. The van der Waals surface area contributed by atoms with Gasteiger partial charge >= 0.3 is 7.60 Å². The Hall–Kier alpha value is -0.680. The van der Waals surface area contributed by atoms with Crippen molar-refractivity contribution >= 4 is 30.5 Å². The number of nitrogens with one attached hydrogen (secondary N) is 1. The zero-order chi connectivity index (χ0) is 13.9. The van der Waals surface area contributed by atoms with E-state index in [4.69, 9.17) is 11.6 Å². The van der Waals surface area contributed by atoms with Crippen LogP contribution >= 0.6 is 30.5 Å². The molecule has 1 aromatic heterocycles. The Balaban J connectivity index is 2.12. The molecular weight excluding hydrogens is 305 g/mol. The Morgan fingerprint density at radius 3 is 2.74 bits per heavy atom. The highest BCUT2D eigenvalue weighted by Gasteiger charge is 2.30. The minimum Gasteiger partial charge on any atom is -0.323 e. The zero-order valence-electron chi connectivity index (χ0n) is 9.86. The molecule has 0 bridgehead atoms. The van der Waals surface area contributed by atoms with Crippen molar-refractivity contribution in [2.75, 3.05) is 0 Å². The molecule has 0 saturated heterocycles. The predicted octanol–water partition coefficient (Wildman–Crippen LogP) is 3.37. The fourth-order valence-electron chi connectivity index (χ4n) is 1.72. The first kappa shape index (κ1) is 14.7. The van der Waals surface area contributed by atoms with Gasteiger partial charge in [0.15, 0.2) is 0 Å². The lowest BCUT2D eigenvalue weighted by molar-refractivity contribution is 0.347. The summed E-state index contributed by atoms with van der Waals surface area (Å²) < 4.78 is 11.5. The second-order valence-electron chi connectivity index (χ2n) is 4.06. The van der Waals surface area contributed by atoms with E-state index in [2.05, 4.69) is 5.32 Å². The van der Waals surface area contributed by atoms with Crippen LogP contribution in [-0.4, -0.2) is 9.79 Å². The number of hydrogen-bond acceptors (Lipinski definition) is 3. The number of hydrogen-bond donors (Lipinski definition) is 3. The van der Waals surface area contributed by atoms with Crippen LogP contribution in [0.3, 0.4) is 0 Å². The normalized spacial score (nSPS) is 13.4. The van der Waals surface area contributed by atoms with E-state index in [-0.39, 0.29) is 0 Å². The van der Waals surface area contributed by atoms with E-state index in [1.165, 1.54) is 11.3 Å². The van der Waals surface area contributed by atoms with E-state index in [1.54, 1.807) is 35.0 Å². The highest BCUT2D eigenvalue weighted by atomic mass is 35.5. The average Bonchev–Trinajstić information content (AvgIpc) is 2.81. The van der Waals surface area contributed by atoms with Crippen molar-refractivity contribution in [1.29, 1.82) is 0 Å². The predicted molar refractivity (Wildman–Crippen MR) is 77.4 cm³/mol. The van der Waals surface area contributed by atoms with Crippen LogP contribution in [0.25, 0.3) is 0 Å². The summed E-state index contributed by atoms with van der Waals surface area (Å²) in [7, 11) is -4.25. The maximum atomic E-state index is 11.5. The molecule has 1 unspecified atom stereocenters. The Morgan fingerprint density at radius 1 is 1.37 bits per heavy atom. The molecule has 0 aliphatic heterocycles. The van der Waals surface area contributed by atoms with E-state index >= 15 is 0 Å². The molecule has 2 aromatic rings. The van der Waals surface area contributed by atoms with Crippen molar-refractivity contribution in [2.24, 2.45) is 0 Å². The molecule has 19 heavy (non-hydrogen) atoms. The Labute approximate surface area is 120 Å². The first-order chi connectivity index (χ1) is 8.97. The third-order valence-electron chi connectivity index (χ3n) is 2.58. The minimum absolute atomic E-state index is 0.339. The minimum atomic E-state index is -4.25. The summed E-state index contributed by atoms with van der Waals surface area (Å²) in [5, 5.41) is 7.01. The molecular formula is C12H13ClNO3PS. The van der Waals surface area contributed by atoms with Gasteiger partial charge in [0.1, 0.15) is 5.78 Å². The summed E-state index contributed by atoms with van der Waals surface area (Å²) in [5.74, 6) is -0.988. The molecule has 2 rings (SSSR count). The van der Waals surface area contributed by atoms with Crippen molar-refractivity contribution in [3.63, 3.8) is 0 Å². The number of thiophene rings is 1.